The number of nitrogens with two attached hydrogens (primary N) is 1. The fourth-order valence-electron chi connectivity index (χ4n) is 1.62. The van der Waals surface area contributed by atoms with Crippen LogP contribution in [0.4, 0.5) is 16.3 Å². The van der Waals surface area contributed by atoms with E-state index in [1.807, 2.05) is 13.8 Å². The van der Waals surface area contributed by atoms with Crippen LogP contribution in [0.3, 0.4) is 0 Å². The van der Waals surface area contributed by atoms with E-state index in [1.54, 1.807) is 7.05 Å². The number of nitro groups is 1. The number of aromatic nitrogens is 2. The Bertz CT molecular complexity index is 483. The van der Waals surface area contributed by atoms with Gasteiger partial charge in [-0.3, -0.25) is 10.1 Å². The number of carbonyl (C=O) groups excluding carboxylic acids is 1. The summed E-state index contributed by atoms with van der Waals surface area (Å²) in [5.74, 6) is 0.214. The molecule has 0 aliphatic heterocycles. The highest BCUT2D eigenvalue weighted by molar-refractivity contribution is 5.64. The summed E-state index contributed by atoms with van der Waals surface area (Å²) in [5.41, 5.74) is 5.16. The summed E-state index contributed by atoms with van der Waals surface area (Å²) >= 11 is 0. The third-order valence-electron chi connectivity index (χ3n) is 2.42. The van der Waals surface area contributed by atoms with Gasteiger partial charge in [0, 0.05) is 13.0 Å². The van der Waals surface area contributed by atoms with E-state index in [2.05, 4.69) is 15.2 Å². The highest BCUT2D eigenvalue weighted by Crippen LogP contribution is 2.32. The van der Waals surface area contributed by atoms with Crippen LogP contribution < -0.4 is 11.1 Å². The van der Waals surface area contributed by atoms with Crippen LogP contribution in [-0.4, -0.2) is 33.9 Å². The van der Waals surface area contributed by atoms with Gasteiger partial charge in [-0.2, -0.15) is 5.10 Å². The zero-order valence-corrected chi connectivity index (χ0v) is 11.0. The highest BCUT2D eigenvalue weighted by Gasteiger charge is 2.28. The summed E-state index contributed by atoms with van der Waals surface area (Å²) in [6.07, 6.45) is -0.885. The van der Waals surface area contributed by atoms with Crippen LogP contribution in [0.15, 0.2) is 0 Å². The summed E-state index contributed by atoms with van der Waals surface area (Å²) in [6, 6.07) is 0. The van der Waals surface area contributed by atoms with Crippen molar-refractivity contribution in [1.82, 2.24) is 9.78 Å². The molecule has 0 fully saturated rings. The Labute approximate surface area is 109 Å². The average molecular weight is 271 g/mol. The first-order valence-corrected chi connectivity index (χ1v) is 5.72. The van der Waals surface area contributed by atoms with Gasteiger partial charge in [-0.15, -0.1) is 0 Å². The van der Waals surface area contributed by atoms with E-state index < -0.39 is 11.0 Å². The minimum Gasteiger partial charge on any atom is -0.448 e. The molecule has 0 bridgehead atoms. The lowest BCUT2D eigenvalue weighted by Crippen LogP contribution is -2.19. The second kappa shape index (κ2) is 6.03. The molecule has 1 rings (SSSR count). The average Bonchev–Trinajstić information content (AvgIpc) is 2.62. The lowest BCUT2D eigenvalue weighted by molar-refractivity contribution is -0.384. The van der Waals surface area contributed by atoms with Gasteiger partial charge in [0.05, 0.1) is 11.5 Å². The van der Waals surface area contributed by atoms with Crippen LogP contribution in [-0.2, 0) is 11.8 Å². The first kappa shape index (κ1) is 14.7. The van der Waals surface area contributed by atoms with E-state index in [0.29, 0.717) is 5.69 Å². The number of amides is 1. The number of nitrogens with one attached hydrogen (secondary N) is 1. The second-order valence-electron chi connectivity index (χ2n) is 4.21. The third kappa shape index (κ3) is 3.57. The molecule has 3 N–H and O–H groups in total. The number of nitrogens with zero attached hydrogens (tertiary/aromatic N) is 3. The molecule has 106 valence electrons. The molecule has 9 nitrogen and oxygen atoms in total. The van der Waals surface area contributed by atoms with Crippen LogP contribution in [0.25, 0.3) is 0 Å². The number of ether oxygens (including phenoxy) is 1. The number of aryl methyl sites for hydroxylation is 1. The quantitative estimate of drug-likeness (QED) is 0.451. The summed E-state index contributed by atoms with van der Waals surface area (Å²) in [6.45, 7) is 3.89. The minimum atomic E-state index is -0.885. The number of carbonyl (C=O) groups is 1. The Hall–Kier alpha value is -2.32. The van der Waals surface area contributed by atoms with E-state index in [0.717, 1.165) is 0 Å². The maximum absolute atomic E-state index is 11.1. The fraction of sp³-hybridized carbons (Fsp3) is 0.600. The molecule has 1 aromatic heterocycles. The first-order valence-electron chi connectivity index (χ1n) is 5.72. The predicted octanol–water partition coefficient (Wildman–Crippen LogP) is 0.959. The third-order valence-corrected chi connectivity index (χ3v) is 2.42. The molecule has 19 heavy (non-hydrogen) atoms. The molecule has 0 aromatic carbocycles. The minimum absolute atomic E-state index is 0.0225. The molecule has 0 saturated heterocycles. The molecule has 1 heterocycles. The SMILES string of the molecule is CC(C)c1nn(C)c(NCCOC(N)=O)c1[N+](=O)[O-]. The summed E-state index contributed by atoms with van der Waals surface area (Å²) in [5, 5.41) is 18.1. The molecule has 0 radical (unpaired) electrons. The van der Waals surface area contributed by atoms with Gasteiger partial charge in [0.1, 0.15) is 12.3 Å². The normalized spacial score (nSPS) is 10.5. The van der Waals surface area contributed by atoms with Crippen LogP contribution >= 0.6 is 0 Å². The Balaban J connectivity index is 2.87. The van der Waals surface area contributed by atoms with E-state index in [9.17, 15) is 14.9 Å². The fourth-order valence-corrected chi connectivity index (χ4v) is 1.62. The molecule has 9 heteroatoms. The van der Waals surface area contributed by atoms with E-state index in [1.165, 1.54) is 4.68 Å². The molecule has 1 amide bonds. The summed E-state index contributed by atoms with van der Waals surface area (Å²) in [7, 11) is 1.61. The molecule has 0 atom stereocenters. The van der Waals surface area contributed by atoms with E-state index in [4.69, 9.17) is 5.73 Å². The van der Waals surface area contributed by atoms with Gasteiger partial charge >= 0.3 is 11.8 Å². The number of hydrogen-bond acceptors (Lipinski definition) is 6. The molecule has 0 aliphatic rings. The zero-order chi connectivity index (χ0) is 14.6. The van der Waals surface area contributed by atoms with Gasteiger partial charge in [0.15, 0.2) is 0 Å². The van der Waals surface area contributed by atoms with Crippen molar-refractivity contribution >= 4 is 17.6 Å². The maximum Gasteiger partial charge on any atom is 0.404 e. The number of anilines is 1. The van der Waals surface area contributed by atoms with Crippen molar-refractivity contribution in [3.63, 3.8) is 0 Å². The van der Waals surface area contributed by atoms with Gasteiger partial charge in [0.25, 0.3) is 0 Å². The van der Waals surface area contributed by atoms with E-state index in [-0.39, 0.29) is 30.6 Å². The van der Waals surface area contributed by atoms with Crippen molar-refractivity contribution in [1.29, 1.82) is 0 Å². The highest BCUT2D eigenvalue weighted by atomic mass is 16.6. The van der Waals surface area contributed by atoms with Crippen molar-refractivity contribution in [3.05, 3.63) is 15.8 Å². The van der Waals surface area contributed by atoms with Crippen LogP contribution in [0.2, 0.25) is 0 Å². The van der Waals surface area contributed by atoms with E-state index >= 15 is 0 Å². The lowest BCUT2D eigenvalue weighted by atomic mass is 10.1. The summed E-state index contributed by atoms with van der Waals surface area (Å²) < 4.78 is 5.94. The van der Waals surface area contributed by atoms with Crippen molar-refractivity contribution in [2.45, 2.75) is 19.8 Å². The molecule has 1 aromatic rings. The first-order chi connectivity index (χ1) is 8.84. The smallest absolute Gasteiger partial charge is 0.404 e. The van der Waals surface area contributed by atoms with Gasteiger partial charge < -0.3 is 15.8 Å². The number of hydrogen-bond donors (Lipinski definition) is 2. The molecule has 0 aliphatic carbocycles. The van der Waals surface area contributed by atoms with Crippen LogP contribution in [0, 0.1) is 10.1 Å². The monoisotopic (exact) mass is 271 g/mol. The van der Waals surface area contributed by atoms with Crippen molar-refractivity contribution in [3.8, 4) is 0 Å². The molecular weight excluding hydrogens is 254 g/mol. The topological polar surface area (TPSA) is 125 Å². The van der Waals surface area contributed by atoms with Gasteiger partial charge in [-0.05, 0) is 0 Å². The molecule has 0 saturated carbocycles. The largest absolute Gasteiger partial charge is 0.448 e. The van der Waals surface area contributed by atoms with Crippen molar-refractivity contribution in [2.75, 3.05) is 18.5 Å². The second-order valence-corrected chi connectivity index (χ2v) is 4.21. The molecular formula is C10H17N5O4. The van der Waals surface area contributed by atoms with Crippen LogP contribution in [0.1, 0.15) is 25.5 Å². The Kier molecular flexibility index (Phi) is 4.67. The van der Waals surface area contributed by atoms with Gasteiger partial charge in [-0.25, -0.2) is 9.48 Å². The standard InChI is InChI=1S/C10H17N5O4/c1-6(2)7-8(15(17)18)9(14(3)13-7)12-4-5-19-10(11)16/h6,12H,4-5H2,1-3H3,(H2,11,16). The Morgan fingerprint density at radius 2 is 2.26 bits per heavy atom. The molecule has 0 spiro atoms. The number of rotatable bonds is 6. The zero-order valence-electron chi connectivity index (χ0n) is 11.0. The molecule has 0 unspecified atom stereocenters. The van der Waals surface area contributed by atoms with Crippen LogP contribution in [0.5, 0.6) is 0 Å². The van der Waals surface area contributed by atoms with Crippen molar-refractivity contribution < 1.29 is 14.5 Å². The summed E-state index contributed by atoms with van der Waals surface area (Å²) in [4.78, 5) is 21.0. The predicted molar refractivity (Wildman–Crippen MR) is 68.0 cm³/mol. The van der Waals surface area contributed by atoms with Crippen molar-refractivity contribution in [2.24, 2.45) is 12.8 Å². The van der Waals surface area contributed by atoms with Gasteiger partial charge in [0.2, 0.25) is 5.82 Å². The Morgan fingerprint density at radius 3 is 2.74 bits per heavy atom. The lowest BCUT2D eigenvalue weighted by Gasteiger charge is -2.05. The number of primary amides is 1. The maximum atomic E-state index is 11.1. The van der Waals surface area contributed by atoms with Gasteiger partial charge in [-0.1, -0.05) is 13.8 Å². The Morgan fingerprint density at radius 1 is 1.63 bits per heavy atom.